The highest BCUT2D eigenvalue weighted by Crippen LogP contribution is 2.43. The zero-order valence-corrected chi connectivity index (χ0v) is 40.0. The number of alkyl carbamates (subject to hydrolysis) is 1. The van der Waals surface area contributed by atoms with Gasteiger partial charge in [-0.1, -0.05) is 32.0 Å². The summed E-state index contributed by atoms with van der Waals surface area (Å²) in [6, 6.07) is 13.2. The fourth-order valence-corrected chi connectivity index (χ4v) is 10.5. The number of benzene rings is 3. The molecule has 9 atom stereocenters. The van der Waals surface area contributed by atoms with Crippen molar-refractivity contribution in [3.05, 3.63) is 65.9 Å². The molecule has 354 valence electrons. The van der Waals surface area contributed by atoms with Gasteiger partial charge in [0.25, 0.3) is 0 Å². The lowest BCUT2D eigenvalue weighted by Gasteiger charge is -2.39. The number of nitrogens with one attached hydrogen (secondary N) is 3. The summed E-state index contributed by atoms with van der Waals surface area (Å²) in [7, 11) is 1.31. The number of H-pyrrole nitrogens is 2. The van der Waals surface area contributed by atoms with Crippen molar-refractivity contribution in [1.82, 2.24) is 35.1 Å². The molecule has 3 aliphatic heterocycles. The molecule has 3 aromatic carbocycles. The smallest absolute Gasteiger partial charge is 0.407 e. The standard InChI is InChI=1S/C51H68N8O7/c1-10-27(3)58(49(60)46(52)35-16-29(5)65-30(6)17-35)25-45-54-41-15-13-33-21-40-38-14-12-34(20-37(38)26-64-43(40)22-39(33)48(41)56-45)42-23-53-44(55-42)24-59(28(4)11-2)50(61)47(57-51(62)63-9)36-18-31(7)66-32(8)19-36/h12-15,20-23,27-32,35-36,46-47H,10-11,16-19,24-26,52H2,1-9H3,(H,53,55)(H,54,56)(H,57,62)/t27-,28-,29+,30+,31+,32?,36?,46-,47-/m0/s1. The number of ether oxygens (including phenoxy) is 4. The van der Waals surface area contributed by atoms with Crippen LogP contribution in [0.2, 0.25) is 0 Å². The number of nitrogens with two attached hydrogens (primary N) is 1. The van der Waals surface area contributed by atoms with Crippen LogP contribution >= 0.6 is 0 Å². The van der Waals surface area contributed by atoms with E-state index in [1.807, 2.05) is 43.6 Å². The van der Waals surface area contributed by atoms with E-state index >= 15 is 0 Å². The van der Waals surface area contributed by atoms with Crippen molar-refractivity contribution in [3.63, 3.8) is 0 Å². The van der Waals surface area contributed by atoms with E-state index in [0.29, 0.717) is 37.6 Å². The first-order valence-electron chi connectivity index (χ1n) is 23.9. The molecule has 0 spiro atoms. The van der Waals surface area contributed by atoms with Crippen molar-refractivity contribution in [2.45, 2.75) is 162 Å². The van der Waals surface area contributed by atoms with Crippen molar-refractivity contribution in [2.24, 2.45) is 17.6 Å². The number of imidazole rings is 2. The number of aromatic amines is 2. The van der Waals surface area contributed by atoms with E-state index in [4.69, 9.17) is 34.6 Å². The number of hydrogen-bond acceptors (Lipinski definition) is 10. The van der Waals surface area contributed by atoms with E-state index in [9.17, 15) is 14.4 Å². The third-order valence-electron chi connectivity index (χ3n) is 14.2. The van der Waals surface area contributed by atoms with Crippen LogP contribution in [0.5, 0.6) is 5.75 Å². The van der Waals surface area contributed by atoms with Gasteiger partial charge in [0.1, 0.15) is 30.0 Å². The Hall–Kier alpha value is -5.51. The van der Waals surface area contributed by atoms with Crippen LogP contribution in [0.15, 0.2) is 48.7 Å². The highest BCUT2D eigenvalue weighted by Gasteiger charge is 2.40. The minimum Gasteiger partial charge on any atom is -0.488 e. The Balaban J connectivity index is 1.01. The van der Waals surface area contributed by atoms with Gasteiger partial charge in [-0.25, -0.2) is 14.8 Å². The molecule has 2 aromatic heterocycles. The summed E-state index contributed by atoms with van der Waals surface area (Å²) in [4.78, 5) is 61.5. The van der Waals surface area contributed by atoms with Gasteiger partial charge in [-0.15, -0.1) is 0 Å². The number of amides is 3. The van der Waals surface area contributed by atoms with Gasteiger partial charge in [-0.3, -0.25) is 9.59 Å². The van der Waals surface area contributed by atoms with Gasteiger partial charge in [0, 0.05) is 23.0 Å². The lowest BCUT2D eigenvalue weighted by molar-refractivity contribution is -0.141. The van der Waals surface area contributed by atoms with Crippen molar-refractivity contribution >= 4 is 39.7 Å². The molecule has 0 saturated carbocycles. The second-order valence-corrected chi connectivity index (χ2v) is 19.2. The topological polar surface area (TPSA) is 190 Å². The first kappa shape index (κ1) is 47.0. The lowest BCUT2D eigenvalue weighted by Crippen LogP contribution is -2.56. The third-order valence-corrected chi connectivity index (χ3v) is 14.2. The molecular formula is C51H68N8O7. The maximum Gasteiger partial charge on any atom is 0.407 e. The Morgan fingerprint density at radius 3 is 2.11 bits per heavy atom. The number of fused-ring (bicyclic) bond motifs is 6. The normalized spacial score (nSPS) is 23.5. The van der Waals surface area contributed by atoms with Crippen LogP contribution in [0.25, 0.3) is 44.2 Å². The average molecular weight is 905 g/mol. The predicted octanol–water partition coefficient (Wildman–Crippen LogP) is 8.38. The van der Waals surface area contributed by atoms with Crippen molar-refractivity contribution in [2.75, 3.05) is 7.11 Å². The first-order chi connectivity index (χ1) is 31.6. The van der Waals surface area contributed by atoms with Crippen molar-refractivity contribution in [1.29, 1.82) is 0 Å². The molecular weight excluding hydrogens is 837 g/mol. The molecule has 0 aliphatic carbocycles. The number of aromatic nitrogens is 4. The molecule has 5 N–H and O–H groups in total. The van der Waals surface area contributed by atoms with E-state index < -0.39 is 18.2 Å². The molecule has 2 saturated heterocycles. The molecule has 3 aliphatic rings. The SMILES string of the molecule is CC[C@H](C)N(Cc1nc2c(ccc3cc4c(cc32)OCc2cc(-c3cnc(CN(C(=O)[C@@H](NC(=O)OC)C5CC(C)O[C@H](C)C5)[C@@H](C)CC)[nH]3)ccc2-4)[nH]1)C(=O)[C@@H](N)C1C[C@@H](C)O[C@H](C)C1. The summed E-state index contributed by atoms with van der Waals surface area (Å²) in [5.74, 6) is 1.88. The van der Waals surface area contributed by atoms with E-state index in [1.54, 1.807) is 6.20 Å². The van der Waals surface area contributed by atoms with E-state index in [2.05, 4.69) is 79.4 Å². The Bertz CT molecular complexity index is 2540. The van der Waals surface area contributed by atoms with Crippen molar-refractivity contribution in [3.8, 4) is 28.1 Å². The van der Waals surface area contributed by atoms with Gasteiger partial charge >= 0.3 is 6.09 Å². The van der Waals surface area contributed by atoms with Crippen LogP contribution in [-0.4, -0.2) is 103 Å². The Morgan fingerprint density at radius 2 is 1.45 bits per heavy atom. The zero-order chi connectivity index (χ0) is 47.0. The van der Waals surface area contributed by atoms with Gasteiger partial charge in [0.2, 0.25) is 11.8 Å². The van der Waals surface area contributed by atoms with Crippen LogP contribution < -0.4 is 15.8 Å². The summed E-state index contributed by atoms with van der Waals surface area (Å²) >= 11 is 0. The lowest BCUT2D eigenvalue weighted by atomic mass is 9.85. The molecule has 15 heteroatoms. The van der Waals surface area contributed by atoms with Crippen molar-refractivity contribution < 1.29 is 33.3 Å². The molecule has 0 bridgehead atoms. The summed E-state index contributed by atoms with van der Waals surface area (Å²) in [5, 5.41) is 4.86. The van der Waals surface area contributed by atoms with Gasteiger partial charge in [0.15, 0.2) is 0 Å². The Morgan fingerprint density at radius 1 is 0.818 bits per heavy atom. The second-order valence-electron chi connectivity index (χ2n) is 19.2. The fourth-order valence-electron chi connectivity index (χ4n) is 10.5. The predicted molar refractivity (Wildman–Crippen MR) is 254 cm³/mol. The summed E-state index contributed by atoms with van der Waals surface area (Å²) in [5.41, 5.74) is 13.3. The maximum absolute atomic E-state index is 14.4. The van der Waals surface area contributed by atoms with E-state index in [1.165, 1.54) is 7.11 Å². The maximum atomic E-state index is 14.4. The van der Waals surface area contributed by atoms with Crippen LogP contribution in [-0.2, 0) is 43.5 Å². The monoisotopic (exact) mass is 905 g/mol. The molecule has 2 unspecified atom stereocenters. The molecule has 5 heterocycles. The molecule has 3 amide bonds. The molecule has 0 radical (unpaired) electrons. The third kappa shape index (κ3) is 9.79. The first-order valence-corrected chi connectivity index (χ1v) is 23.9. The highest BCUT2D eigenvalue weighted by atomic mass is 16.5. The van der Waals surface area contributed by atoms with Crippen LogP contribution in [0.4, 0.5) is 4.79 Å². The number of carbonyl (C=O) groups excluding carboxylic acids is 3. The molecule has 2 fully saturated rings. The summed E-state index contributed by atoms with van der Waals surface area (Å²) in [6.45, 7) is 17.3. The number of hydrogen-bond donors (Lipinski definition) is 4. The number of methoxy groups -OCH3 is 1. The number of nitrogens with zero attached hydrogens (tertiary/aromatic N) is 4. The highest BCUT2D eigenvalue weighted by molar-refractivity contribution is 6.07. The minimum absolute atomic E-state index is 0.0120. The number of rotatable bonds is 14. The minimum atomic E-state index is -0.763. The van der Waals surface area contributed by atoms with Gasteiger partial charge in [-0.2, -0.15) is 0 Å². The Kier molecular flexibility index (Phi) is 14.1. The fraction of sp³-hybridized carbons (Fsp3) is 0.549. The molecule has 66 heavy (non-hydrogen) atoms. The quantitative estimate of drug-likeness (QED) is 0.0843. The Labute approximate surface area is 387 Å². The van der Waals surface area contributed by atoms with E-state index in [-0.39, 0.29) is 66.7 Å². The van der Waals surface area contributed by atoms with E-state index in [0.717, 1.165) is 81.2 Å². The summed E-state index contributed by atoms with van der Waals surface area (Å²) < 4.78 is 23.3. The van der Waals surface area contributed by atoms with Gasteiger partial charge < -0.3 is 49.8 Å². The molecule has 15 nitrogen and oxygen atoms in total. The average Bonchev–Trinajstić information content (AvgIpc) is 3.96. The second kappa shape index (κ2) is 19.8. The van der Waals surface area contributed by atoms with Crippen LogP contribution in [0.1, 0.15) is 111 Å². The summed E-state index contributed by atoms with van der Waals surface area (Å²) in [6.07, 6.45) is 5.61. The van der Waals surface area contributed by atoms with Gasteiger partial charge in [0.05, 0.1) is 73.6 Å². The molecule has 5 aromatic rings. The van der Waals surface area contributed by atoms with Gasteiger partial charge in [-0.05, 0) is 138 Å². The molecule has 8 rings (SSSR count). The number of carbonyl (C=O) groups is 3. The van der Waals surface area contributed by atoms with Crippen LogP contribution in [0.3, 0.4) is 0 Å². The largest absolute Gasteiger partial charge is 0.488 e. The van der Waals surface area contributed by atoms with Crippen LogP contribution in [0, 0.1) is 11.8 Å². The zero-order valence-electron chi connectivity index (χ0n) is 40.0.